The van der Waals surface area contributed by atoms with Crippen molar-refractivity contribution >= 4 is 5.91 Å². The first-order valence-electron chi connectivity index (χ1n) is 9.51. The molecule has 3 rings (SSSR count). The second kappa shape index (κ2) is 7.48. The van der Waals surface area contributed by atoms with Crippen molar-refractivity contribution in [3.63, 3.8) is 0 Å². The minimum atomic E-state index is -0.819. The molecule has 0 aromatic carbocycles. The number of aliphatic hydroxyl groups is 2. The van der Waals surface area contributed by atoms with Crippen LogP contribution in [0.3, 0.4) is 0 Å². The predicted octanol–water partition coefficient (Wildman–Crippen LogP) is -0.486. The van der Waals surface area contributed by atoms with Gasteiger partial charge >= 0.3 is 0 Å². The minimum absolute atomic E-state index is 0.186. The number of nitrogens with zero attached hydrogens (tertiary/aromatic N) is 3. The van der Waals surface area contributed by atoms with Crippen molar-refractivity contribution in [3.05, 3.63) is 0 Å². The molecule has 7 nitrogen and oxygen atoms in total. The van der Waals surface area contributed by atoms with Crippen LogP contribution in [0.1, 0.15) is 32.6 Å². The number of carbonyl (C=O) groups is 1. The zero-order valence-corrected chi connectivity index (χ0v) is 15.7. The second-order valence-electron chi connectivity index (χ2n) is 8.15. The van der Waals surface area contributed by atoms with Crippen LogP contribution in [-0.2, 0) is 9.53 Å². The van der Waals surface area contributed by atoms with Crippen molar-refractivity contribution in [2.75, 3.05) is 46.9 Å². The van der Waals surface area contributed by atoms with Crippen LogP contribution in [-0.4, -0.2) is 108 Å². The number of aliphatic hydroxyl groups excluding tert-OH is 2. The van der Waals surface area contributed by atoms with E-state index in [1.807, 2.05) is 19.0 Å². The average molecular weight is 355 g/mol. The number of carbonyl (C=O) groups excluding carboxylic acids is 1. The van der Waals surface area contributed by atoms with Crippen molar-refractivity contribution in [1.29, 1.82) is 0 Å². The molecule has 4 atom stereocenters. The van der Waals surface area contributed by atoms with E-state index in [0.29, 0.717) is 12.6 Å². The van der Waals surface area contributed by atoms with E-state index in [9.17, 15) is 15.0 Å². The lowest BCUT2D eigenvalue weighted by atomic mass is 9.93. The first-order chi connectivity index (χ1) is 11.8. The molecule has 3 aliphatic rings. The number of hydrogen-bond donors (Lipinski definition) is 2. The smallest absolute Gasteiger partial charge is 0.242 e. The van der Waals surface area contributed by atoms with Crippen LogP contribution in [0.2, 0.25) is 0 Å². The molecule has 0 spiro atoms. The van der Waals surface area contributed by atoms with E-state index in [0.717, 1.165) is 45.3 Å². The Kier molecular flexibility index (Phi) is 5.70. The maximum Gasteiger partial charge on any atom is 0.242 e. The fourth-order valence-electron chi connectivity index (χ4n) is 4.58. The van der Waals surface area contributed by atoms with E-state index in [2.05, 4.69) is 16.7 Å². The number of rotatable bonds is 3. The molecule has 1 amide bonds. The zero-order chi connectivity index (χ0) is 18.2. The van der Waals surface area contributed by atoms with Gasteiger partial charge in [-0.15, -0.1) is 0 Å². The van der Waals surface area contributed by atoms with E-state index in [-0.39, 0.29) is 24.1 Å². The minimum Gasteiger partial charge on any atom is -0.389 e. The Labute approximate surface area is 150 Å². The van der Waals surface area contributed by atoms with Crippen LogP contribution in [0, 0.1) is 0 Å². The summed E-state index contributed by atoms with van der Waals surface area (Å²) >= 11 is 0. The molecule has 3 saturated heterocycles. The monoisotopic (exact) mass is 355 g/mol. The van der Waals surface area contributed by atoms with Crippen molar-refractivity contribution < 1.29 is 19.7 Å². The standard InChI is InChI=1S/C18H33N3O4/c1-18(7-4-8-19(18)2)17(24)21-9-5-13(6-10-21)20(3)14-11-25-12-15(22)16(14)23/h13-16,22-23H,4-12H2,1-3H3/t14-,15-,16+,18-/m1/s1. The van der Waals surface area contributed by atoms with E-state index in [4.69, 9.17) is 4.74 Å². The van der Waals surface area contributed by atoms with Gasteiger partial charge in [0.2, 0.25) is 5.91 Å². The molecular formula is C18H33N3O4. The largest absolute Gasteiger partial charge is 0.389 e. The highest BCUT2D eigenvalue weighted by atomic mass is 16.5. The first kappa shape index (κ1) is 19.0. The average Bonchev–Trinajstić information content (AvgIpc) is 2.96. The molecular weight excluding hydrogens is 322 g/mol. The topological polar surface area (TPSA) is 76.5 Å². The number of amides is 1. The maximum atomic E-state index is 13.0. The summed E-state index contributed by atoms with van der Waals surface area (Å²) in [4.78, 5) is 19.3. The van der Waals surface area contributed by atoms with Crippen LogP contribution >= 0.6 is 0 Å². The van der Waals surface area contributed by atoms with E-state index in [1.54, 1.807) is 0 Å². The number of hydrogen-bond acceptors (Lipinski definition) is 6. The molecule has 7 heteroatoms. The predicted molar refractivity (Wildman–Crippen MR) is 94.3 cm³/mol. The van der Waals surface area contributed by atoms with Gasteiger partial charge in [0.05, 0.1) is 30.9 Å². The third-order valence-corrected chi connectivity index (χ3v) is 6.68. The number of likely N-dealkylation sites (N-methyl/N-ethyl adjacent to an activating group) is 2. The summed E-state index contributed by atoms with van der Waals surface area (Å²) in [5.74, 6) is 0.255. The van der Waals surface area contributed by atoms with Gasteiger partial charge in [0.1, 0.15) is 6.10 Å². The first-order valence-corrected chi connectivity index (χ1v) is 9.51. The number of likely N-dealkylation sites (tertiary alicyclic amines) is 2. The second-order valence-corrected chi connectivity index (χ2v) is 8.15. The van der Waals surface area contributed by atoms with Crippen LogP contribution in [0.15, 0.2) is 0 Å². The summed E-state index contributed by atoms with van der Waals surface area (Å²) in [6.07, 6.45) is 2.21. The zero-order valence-electron chi connectivity index (χ0n) is 15.7. The molecule has 3 aliphatic heterocycles. The summed E-state index contributed by atoms with van der Waals surface area (Å²) in [6.45, 7) is 5.20. The fraction of sp³-hybridized carbons (Fsp3) is 0.944. The summed E-state index contributed by atoms with van der Waals surface area (Å²) in [5.41, 5.74) is -0.351. The van der Waals surface area contributed by atoms with Gasteiger partial charge in [-0.25, -0.2) is 0 Å². The van der Waals surface area contributed by atoms with Gasteiger partial charge in [-0.2, -0.15) is 0 Å². The van der Waals surface area contributed by atoms with Gasteiger partial charge in [0.15, 0.2) is 0 Å². The molecule has 0 radical (unpaired) electrons. The van der Waals surface area contributed by atoms with E-state index in [1.165, 1.54) is 0 Å². The lowest BCUT2D eigenvalue weighted by molar-refractivity contribution is -0.147. The highest BCUT2D eigenvalue weighted by Crippen LogP contribution is 2.31. The Bertz CT molecular complexity index is 483. The third-order valence-electron chi connectivity index (χ3n) is 6.68. The molecule has 3 fully saturated rings. The summed E-state index contributed by atoms with van der Waals surface area (Å²) in [5, 5.41) is 20.1. The molecule has 3 heterocycles. The van der Waals surface area contributed by atoms with Gasteiger partial charge in [0, 0.05) is 19.1 Å². The molecule has 0 aliphatic carbocycles. The highest BCUT2D eigenvalue weighted by Gasteiger charge is 2.44. The Hall–Kier alpha value is -0.730. The highest BCUT2D eigenvalue weighted by molar-refractivity contribution is 5.86. The third kappa shape index (κ3) is 3.57. The Balaban J connectivity index is 1.55. The van der Waals surface area contributed by atoms with Gasteiger partial charge in [-0.3, -0.25) is 14.6 Å². The molecule has 144 valence electrons. The molecule has 2 N–H and O–H groups in total. The summed E-state index contributed by atoms with van der Waals surface area (Å²) in [7, 11) is 4.03. The number of piperidine rings is 1. The molecule has 0 aromatic heterocycles. The van der Waals surface area contributed by atoms with Crippen molar-refractivity contribution in [1.82, 2.24) is 14.7 Å². The van der Waals surface area contributed by atoms with Gasteiger partial charge in [0.25, 0.3) is 0 Å². The Morgan fingerprint density at radius 1 is 1.20 bits per heavy atom. The molecule has 0 unspecified atom stereocenters. The van der Waals surface area contributed by atoms with Crippen molar-refractivity contribution in [2.45, 2.75) is 62.4 Å². The SMILES string of the molecule is CN(C1CCN(C(=O)[C@@]2(C)CCCN2C)CC1)[C@@H]1COC[C@@H](O)[C@H]1O. The van der Waals surface area contributed by atoms with Gasteiger partial charge in [-0.05, 0) is 53.2 Å². The summed E-state index contributed by atoms with van der Waals surface area (Å²) < 4.78 is 5.41. The molecule has 25 heavy (non-hydrogen) atoms. The van der Waals surface area contributed by atoms with Gasteiger partial charge in [-0.1, -0.05) is 0 Å². The Morgan fingerprint density at radius 2 is 1.88 bits per heavy atom. The molecule has 0 saturated carbocycles. The molecule has 0 bridgehead atoms. The molecule has 0 aromatic rings. The van der Waals surface area contributed by atoms with E-state index < -0.39 is 12.2 Å². The van der Waals surface area contributed by atoms with Crippen molar-refractivity contribution in [3.8, 4) is 0 Å². The lowest BCUT2D eigenvalue weighted by Gasteiger charge is -2.45. The quantitative estimate of drug-likeness (QED) is 0.712. The number of ether oxygens (including phenoxy) is 1. The van der Waals surface area contributed by atoms with Crippen LogP contribution in [0.4, 0.5) is 0 Å². The summed E-state index contributed by atoms with van der Waals surface area (Å²) in [6, 6.07) is 0.112. The van der Waals surface area contributed by atoms with Crippen LogP contribution in [0.5, 0.6) is 0 Å². The lowest BCUT2D eigenvalue weighted by Crippen LogP contribution is -2.60. The van der Waals surface area contributed by atoms with E-state index >= 15 is 0 Å². The normalized spacial score (nSPS) is 38.5. The Morgan fingerprint density at radius 3 is 2.48 bits per heavy atom. The maximum absolute atomic E-state index is 13.0. The van der Waals surface area contributed by atoms with Crippen LogP contribution in [0.25, 0.3) is 0 Å². The van der Waals surface area contributed by atoms with Crippen LogP contribution < -0.4 is 0 Å². The fourth-order valence-corrected chi connectivity index (χ4v) is 4.58. The van der Waals surface area contributed by atoms with Crippen molar-refractivity contribution in [2.24, 2.45) is 0 Å². The van der Waals surface area contributed by atoms with Gasteiger partial charge < -0.3 is 19.8 Å².